The van der Waals surface area contributed by atoms with Crippen LogP contribution in [0, 0.1) is 0 Å². The van der Waals surface area contributed by atoms with Crippen molar-refractivity contribution >= 4 is 18.0 Å². The van der Waals surface area contributed by atoms with E-state index >= 15 is 0 Å². The quantitative estimate of drug-likeness (QED) is 0.385. The minimum atomic E-state index is -1.59. The van der Waals surface area contributed by atoms with Crippen molar-refractivity contribution in [2.75, 3.05) is 6.61 Å². The highest BCUT2D eigenvalue weighted by atomic mass is 16.6. The first-order chi connectivity index (χ1) is 17.9. The second-order valence-corrected chi connectivity index (χ2v) is 10.8. The number of nitrogens with one attached hydrogen (secondary N) is 1. The SMILES string of the molecule is CC(C)(C)OC(=O)Cc1ccc(C[C@](C)(NC(=O)OCC2c3ccccc3-c3ccccc32)C(=O)O)cc1. The summed E-state index contributed by atoms with van der Waals surface area (Å²) in [5.41, 5.74) is 3.68. The Morgan fingerprint density at radius 2 is 1.34 bits per heavy atom. The van der Waals surface area contributed by atoms with E-state index in [2.05, 4.69) is 17.4 Å². The highest BCUT2D eigenvalue weighted by Crippen LogP contribution is 2.44. The highest BCUT2D eigenvalue weighted by Gasteiger charge is 2.36. The molecular weight excluding hydrogens is 482 g/mol. The number of aliphatic carboxylic acids is 1. The van der Waals surface area contributed by atoms with Crippen LogP contribution >= 0.6 is 0 Å². The highest BCUT2D eigenvalue weighted by molar-refractivity contribution is 5.84. The van der Waals surface area contributed by atoms with Crippen LogP contribution in [0.4, 0.5) is 4.79 Å². The number of carboxylic acid groups (broad SMARTS) is 1. The summed E-state index contributed by atoms with van der Waals surface area (Å²) in [6.07, 6.45) is -0.636. The number of amides is 1. The van der Waals surface area contributed by atoms with E-state index < -0.39 is 23.2 Å². The van der Waals surface area contributed by atoms with E-state index in [1.807, 2.05) is 57.2 Å². The van der Waals surface area contributed by atoms with Gasteiger partial charge in [0, 0.05) is 12.3 Å². The molecule has 0 spiro atoms. The summed E-state index contributed by atoms with van der Waals surface area (Å²) in [7, 11) is 0. The van der Waals surface area contributed by atoms with Crippen molar-refractivity contribution in [1.82, 2.24) is 5.32 Å². The third-order valence-electron chi connectivity index (χ3n) is 6.54. The zero-order valence-electron chi connectivity index (χ0n) is 22.1. The summed E-state index contributed by atoms with van der Waals surface area (Å²) in [5.74, 6) is -1.64. The Hall–Kier alpha value is -4.13. The zero-order valence-corrected chi connectivity index (χ0v) is 22.1. The van der Waals surface area contributed by atoms with Crippen LogP contribution in [0.25, 0.3) is 11.1 Å². The minimum Gasteiger partial charge on any atom is -0.480 e. The average Bonchev–Trinajstić information content (AvgIpc) is 3.16. The molecule has 7 nitrogen and oxygen atoms in total. The molecule has 0 aromatic heterocycles. The van der Waals surface area contributed by atoms with Gasteiger partial charge in [0.2, 0.25) is 0 Å². The molecule has 0 radical (unpaired) electrons. The van der Waals surface area contributed by atoms with E-state index in [0.717, 1.165) is 27.8 Å². The molecule has 2 N–H and O–H groups in total. The van der Waals surface area contributed by atoms with Crippen LogP contribution < -0.4 is 5.32 Å². The van der Waals surface area contributed by atoms with Crippen molar-refractivity contribution < 1.29 is 29.0 Å². The van der Waals surface area contributed by atoms with Crippen LogP contribution in [0.5, 0.6) is 0 Å². The molecule has 1 aliphatic rings. The van der Waals surface area contributed by atoms with Gasteiger partial charge in [0.25, 0.3) is 0 Å². The molecule has 7 heteroatoms. The Bertz CT molecular complexity index is 1300. The molecule has 1 atom stereocenters. The summed E-state index contributed by atoms with van der Waals surface area (Å²) < 4.78 is 10.9. The summed E-state index contributed by atoms with van der Waals surface area (Å²) >= 11 is 0. The number of hydrogen-bond donors (Lipinski definition) is 2. The van der Waals surface area contributed by atoms with Gasteiger partial charge in [-0.1, -0.05) is 72.8 Å². The lowest BCUT2D eigenvalue weighted by atomic mass is 9.92. The van der Waals surface area contributed by atoms with E-state index in [9.17, 15) is 19.5 Å². The molecule has 1 aliphatic carbocycles. The summed E-state index contributed by atoms with van der Waals surface area (Å²) in [6, 6.07) is 23.0. The van der Waals surface area contributed by atoms with Gasteiger partial charge in [0.1, 0.15) is 17.7 Å². The van der Waals surface area contributed by atoms with Crippen LogP contribution in [-0.2, 0) is 31.9 Å². The first-order valence-electron chi connectivity index (χ1n) is 12.6. The Balaban J connectivity index is 1.39. The summed E-state index contributed by atoms with van der Waals surface area (Å²) in [4.78, 5) is 37.0. The van der Waals surface area contributed by atoms with Crippen molar-refractivity contribution in [3.63, 3.8) is 0 Å². The summed E-state index contributed by atoms with van der Waals surface area (Å²) in [6.45, 7) is 6.97. The molecule has 0 bridgehead atoms. The number of carbonyl (C=O) groups excluding carboxylic acids is 2. The van der Waals surface area contributed by atoms with Gasteiger partial charge >= 0.3 is 18.0 Å². The predicted octanol–water partition coefficient (Wildman–Crippen LogP) is 5.50. The van der Waals surface area contributed by atoms with Crippen LogP contribution in [0.15, 0.2) is 72.8 Å². The van der Waals surface area contributed by atoms with E-state index in [1.54, 1.807) is 24.3 Å². The fourth-order valence-corrected chi connectivity index (χ4v) is 4.76. The third-order valence-corrected chi connectivity index (χ3v) is 6.54. The van der Waals surface area contributed by atoms with Crippen molar-refractivity contribution in [2.24, 2.45) is 0 Å². The molecule has 0 saturated heterocycles. The lowest BCUT2D eigenvalue weighted by Gasteiger charge is -2.26. The zero-order chi connectivity index (χ0) is 27.5. The number of carbonyl (C=O) groups is 3. The van der Waals surface area contributed by atoms with Gasteiger partial charge in [-0.05, 0) is 61.1 Å². The number of esters is 1. The Morgan fingerprint density at radius 1 is 0.816 bits per heavy atom. The Morgan fingerprint density at radius 3 is 1.87 bits per heavy atom. The Kier molecular flexibility index (Phi) is 7.58. The van der Waals surface area contributed by atoms with Gasteiger partial charge in [0.15, 0.2) is 0 Å². The van der Waals surface area contributed by atoms with Crippen LogP contribution in [-0.4, -0.2) is 40.9 Å². The first-order valence-corrected chi connectivity index (χ1v) is 12.6. The molecule has 3 aromatic carbocycles. The number of fused-ring (bicyclic) bond motifs is 3. The largest absolute Gasteiger partial charge is 0.480 e. The average molecular weight is 516 g/mol. The predicted molar refractivity (Wildman–Crippen MR) is 144 cm³/mol. The third kappa shape index (κ3) is 6.22. The minimum absolute atomic E-state index is 0.0409. The standard InChI is InChI=1S/C31H33NO6/c1-30(2,3)38-27(33)17-20-13-15-21(16-14-20)18-31(4,28(34)35)32-29(36)37-19-26-24-11-7-5-9-22(24)23-10-6-8-12-25(23)26/h5-16,26H,17-19H2,1-4H3,(H,32,36)(H,34,35)/t31-/m0/s1. The lowest BCUT2D eigenvalue weighted by Crippen LogP contribution is -2.54. The van der Waals surface area contributed by atoms with Crippen LogP contribution in [0.3, 0.4) is 0 Å². The van der Waals surface area contributed by atoms with Crippen LogP contribution in [0.1, 0.15) is 55.9 Å². The van der Waals surface area contributed by atoms with Gasteiger partial charge in [-0.15, -0.1) is 0 Å². The Labute approximate surface area is 222 Å². The second-order valence-electron chi connectivity index (χ2n) is 10.8. The number of benzene rings is 3. The van der Waals surface area contributed by atoms with Crippen molar-refractivity contribution in [3.05, 3.63) is 95.1 Å². The molecule has 0 heterocycles. The molecule has 198 valence electrons. The molecule has 0 fully saturated rings. The van der Waals surface area contributed by atoms with Crippen LogP contribution in [0.2, 0.25) is 0 Å². The van der Waals surface area contributed by atoms with E-state index in [-0.39, 0.29) is 31.3 Å². The maximum absolute atomic E-state index is 12.8. The first kappa shape index (κ1) is 26.9. The van der Waals surface area contributed by atoms with Gasteiger partial charge in [-0.25, -0.2) is 9.59 Å². The maximum Gasteiger partial charge on any atom is 0.408 e. The summed E-state index contributed by atoms with van der Waals surface area (Å²) in [5, 5.41) is 12.5. The molecule has 0 saturated carbocycles. The van der Waals surface area contributed by atoms with E-state index in [4.69, 9.17) is 9.47 Å². The maximum atomic E-state index is 12.8. The smallest absolute Gasteiger partial charge is 0.408 e. The molecule has 1 amide bonds. The fourth-order valence-electron chi connectivity index (χ4n) is 4.76. The van der Waals surface area contributed by atoms with Gasteiger partial charge < -0.3 is 19.9 Å². The number of rotatable bonds is 8. The topological polar surface area (TPSA) is 102 Å². The molecule has 3 aromatic rings. The number of ether oxygens (including phenoxy) is 2. The number of carboxylic acids is 1. The molecule has 0 unspecified atom stereocenters. The van der Waals surface area contributed by atoms with Gasteiger partial charge in [0.05, 0.1) is 6.42 Å². The lowest BCUT2D eigenvalue weighted by molar-refractivity contribution is -0.154. The van der Waals surface area contributed by atoms with Gasteiger partial charge in [-0.2, -0.15) is 0 Å². The molecule has 4 rings (SSSR count). The molecular formula is C31H33NO6. The van der Waals surface area contributed by atoms with E-state index in [0.29, 0.717) is 5.56 Å². The van der Waals surface area contributed by atoms with Crippen molar-refractivity contribution in [3.8, 4) is 11.1 Å². The second kappa shape index (κ2) is 10.7. The number of hydrogen-bond acceptors (Lipinski definition) is 5. The van der Waals surface area contributed by atoms with Gasteiger partial charge in [-0.3, -0.25) is 4.79 Å². The molecule has 38 heavy (non-hydrogen) atoms. The fraction of sp³-hybridized carbons (Fsp3) is 0.323. The molecule has 0 aliphatic heterocycles. The monoisotopic (exact) mass is 515 g/mol. The van der Waals surface area contributed by atoms with Crippen molar-refractivity contribution in [1.29, 1.82) is 0 Å². The number of alkyl carbamates (subject to hydrolysis) is 1. The van der Waals surface area contributed by atoms with E-state index in [1.165, 1.54) is 6.92 Å². The normalized spacial score (nSPS) is 14.1. The van der Waals surface area contributed by atoms with Crippen molar-refractivity contribution in [2.45, 2.75) is 57.6 Å².